The summed E-state index contributed by atoms with van der Waals surface area (Å²) in [6.45, 7) is 2.25. The van der Waals surface area contributed by atoms with Crippen LogP contribution in [0.15, 0.2) is 30.3 Å². The predicted octanol–water partition coefficient (Wildman–Crippen LogP) is 1.25. The molecular formula is C14H20N2O2. The molecule has 1 aromatic rings. The van der Waals surface area contributed by atoms with E-state index in [2.05, 4.69) is 5.32 Å². The van der Waals surface area contributed by atoms with Crippen LogP contribution in [0.4, 0.5) is 0 Å². The maximum Gasteiger partial charge on any atom is 0.222 e. The third kappa shape index (κ3) is 4.99. The molecule has 0 spiro atoms. The molecule has 4 heteroatoms. The van der Waals surface area contributed by atoms with Gasteiger partial charge in [-0.15, -0.1) is 0 Å². The van der Waals surface area contributed by atoms with E-state index in [1.165, 1.54) is 0 Å². The highest BCUT2D eigenvalue weighted by Gasteiger charge is 2.16. The maximum atomic E-state index is 11.4. The highest BCUT2D eigenvalue weighted by atomic mass is 16.2. The first-order chi connectivity index (χ1) is 8.63. The summed E-state index contributed by atoms with van der Waals surface area (Å²) < 4.78 is 0. The fraction of sp³-hybridized carbons (Fsp3) is 0.429. The number of carbonyl (C=O) groups excluding carboxylic acids is 2. The van der Waals surface area contributed by atoms with Crippen LogP contribution in [0, 0.1) is 5.92 Å². The molecular weight excluding hydrogens is 228 g/mol. The standard InChI is InChI=1S/C14H20N2O2/c1-2-6-13(17)16-10-12(14(15)18)9-11-7-4-3-5-8-11/h3-5,7-8,12H,2,6,9-10H2,1H3,(H2,15,18)(H,16,17). The second-order valence-corrected chi connectivity index (χ2v) is 4.34. The number of primary amides is 1. The quantitative estimate of drug-likeness (QED) is 0.762. The molecule has 0 fully saturated rings. The van der Waals surface area contributed by atoms with Gasteiger partial charge in [0.05, 0.1) is 5.92 Å². The van der Waals surface area contributed by atoms with E-state index in [0.717, 1.165) is 12.0 Å². The average Bonchev–Trinajstić information content (AvgIpc) is 2.35. The number of nitrogens with one attached hydrogen (secondary N) is 1. The molecule has 98 valence electrons. The molecule has 0 aliphatic heterocycles. The summed E-state index contributed by atoms with van der Waals surface area (Å²) in [5.74, 6) is -0.763. The fourth-order valence-electron chi connectivity index (χ4n) is 1.72. The summed E-state index contributed by atoms with van der Waals surface area (Å²) in [5, 5.41) is 2.75. The molecule has 18 heavy (non-hydrogen) atoms. The normalized spacial score (nSPS) is 11.8. The van der Waals surface area contributed by atoms with E-state index >= 15 is 0 Å². The molecule has 1 unspecified atom stereocenters. The molecule has 1 atom stereocenters. The van der Waals surface area contributed by atoms with Crippen molar-refractivity contribution in [1.82, 2.24) is 5.32 Å². The lowest BCUT2D eigenvalue weighted by atomic mass is 9.98. The number of rotatable bonds is 7. The van der Waals surface area contributed by atoms with Gasteiger partial charge in [-0.05, 0) is 18.4 Å². The largest absolute Gasteiger partial charge is 0.369 e. The van der Waals surface area contributed by atoms with Gasteiger partial charge in [-0.2, -0.15) is 0 Å². The van der Waals surface area contributed by atoms with Gasteiger partial charge in [-0.25, -0.2) is 0 Å². The lowest BCUT2D eigenvalue weighted by molar-refractivity contribution is -0.123. The zero-order chi connectivity index (χ0) is 13.4. The molecule has 0 aliphatic rings. The molecule has 0 bridgehead atoms. The molecule has 2 amide bonds. The number of benzene rings is 1. The average molecular weight is 248 g/mol. The molecule has 0 heterocycles. The zero-order valence-electron chi connectivity index (χ0n) is 10.7. The van der Waals surface area contributed by atoms with E-state index in [-0.39, 0.29) is 17.7 Å². The summed E-state index contributed by atoms with van der Waals surface area (Å²) in [6, 6.07) is 9.66. The Hall–Kier alpha value is -1.84. The van der Waals surface area contributed by atoms with Crippen LogP contribution in [0.25, 0.3) is 0 Å². The minimum atomic E-state index is -0.379. The van der Waals surface area contributed by atoms with Gasteiger partial charge in [0.2, 0.25) is 11.8 Å². The lowest BCUT2D eigenvalue weighted by Crippen LogP contribution is -2.37. The van der Waals surface area contributed by atoms with Crippen molar-refractivity contribution >= 4 is 11.8 Å². The molecule has 1 aromatic carbocycles. The van der Waals surface area contributed by atoms with Crippen LogP contribution in [0.3, 0.4) is 0 Å². The molecule has 4 nitrogen and oxygen atoms in total. The van der Waals surface area contributed by atoms with Crippen molar-refractivity contribution in [2.45, 2.75) is 26.2 Å². The van der Waals surface area contributed by atoms with E-state index in [4.69, 9.17) is 5.73 Å². The number of amides is 2. The molecule has 0 aromatic heterocycles. The summed E-state index contributed by atoms with van der Waals surface area (Å²) in [7, 11) is 0. The van der Waals surface area contributed by atoms with Gasteiger partial charge >= 0.3 is 0 Å². The van der Waals surface area contributed by atoms with Gasteiger partial charge in [-0.3, -0.25) is 9.59 Å². The van der Waals surface area contributed by atoms with Crippen LogP contribution >= 0.6 is 0 Å². The minimum Gasteiger partial charge on any atom is -0.369 e. The van der Waals surface area contributed by atoms with Crippen LogP contribution in [0.2, 0.25) is 0 Å². The molecule has 3 N–H and O–H groups in total. The molecule has 0 radical (unpaired) electrons. The Kier molecular flexibility index (Phi) is 5.91. The van der Waals surface area contributed by atoms with E-state index in [1.807, 2.05) is 37.3 Å². The summed E-state index contributed by atoms with van der Waals surface area (Å²) in [6.07, 6.45) is 1.84. The smallest absolute Gasteiger partial charge is 0.222 e. The second kappa shape index (κ2) is 7.48. The van der Waals surface area contributed by atoms with Crippen LogP contribution in [0.5, 0.6) is 0 Å². The lowest BCUT2D eigenvalue weighted by Gasteiger charge is -2.14. The number of hydrogen-bond donors (Lipinski definition) is 2. The molecule has 0 saturated carbocycles. The van der Waals surface area contributed by atoms with Gasteiger partial charge in [0.25, 0.3) is 0 Å². The van der Waals surface area contributed by atoms with Crippen LogP contribution in [-0.4, -0.2) is 18.4 Å². The van der Waals surface area contributed by atoms with Crippen molar-refractivity contribution in [1.29, 1.82) is 0 Å². The summed E-state index contributed by atoms with van der Waals surface area (Å²) in [4.78, 5) is 22.7. The SMILES string of the molecule is CCCC(=O)NCC(Cc1ccccc1)C(N)=O. The Morgan fingerprint density at radius 3 is 2.50 bits per heavy atom. The third-order valence-corrected chi connectivity index (χ3v) is 2.75. The summed E-state index contributed by atoms with van der Waals surface area (Å²) >= 11 is 0. The zero-order valence-corrected chi connectivity index (χ0v) is 10.7. The van der Waals surface area contributed by atoms with E-state index in [0.29, 0.717) is 19.4 Å². The topological polar surface area (TPSA) is 72.2 Å². The Morgan fingerprint density at radius 1 is 1.28 bits per heavy atom. The van der Waals surface area contributed by atoms with Crippen LogP contribution in [0.1, 0.15) is 25.3 Å². The second-order valence-electron chi connectivity index (χ2n) is 4.34. The molecule has 1 rings (SSSR count). The predicted molar refractivity (Wildman–Crippen MR) is 70.7 cm³/mol. The first kappa shape index (κ1) is 14.2. The first-order valence-corrected chi connectivity index (χ1v) is 6.23. The highest BCUT2D eigenvalue weighted by molar-refractivity contribution is 5.79. The maximum absolute atomic E-state index is 11.4. The van der Waals surface area contributed by atoms with E-state index in [9.17, 15) is 9.59 Å². The Balaban J connectivity index is 2.51. The van der Waals surface area contributed by atoms with E-state index in [1.54, 1.807) is 0 Å². The Morgan fingerprint density at radius 2 is 1.94 bits per heavy atom. The molecule has 0 aliphatic carbocycles. The van der Waals surface area contributed by atoms with Gasteiger partial charge in [0, 0.05) is 13.0 Å². The number of hydrogen-bond acceptors (Lipinski definition) is 2. The highest BCUT2D eigenvalue weighted by Crippen LogP contribution is 2.07. The summed E-state index contributed by atoms with van der Waals surface area (Å²) in [5.41, 5.74) is 6.40. The van der Waals surface area contributed by atoms with Crippen molar-refractivity contribution in [3.8, 4) is 0 Å². The van der Waals surface area contributed by atoms with Crippen molar-refractivity contribution in [2.75, 3.05) is 6.54 Å². The van der Waals surface area contributed by atoms with Gasteiger partial charge in [0.15, 0.2) is 0 Å². The first-order valence-electron chi connectivity index (χ1n) is 6.23. The van der Waals surface area contributed by atoms with Gasteiger partial charge in [-0.1, -0.05) is 37.3 Å². The number of carbonyl (C=O) groups is 2. The van der Waals surface area contributed by atoms with Crippen molar-refractivity contribution in [2.24, 2.45) is 11.7 Å². The Bertz CT molecular complexity index is 390. The van der Waals surface area contributed by atoms with Crippen molar-refractivity contribution in [3.05, 3.63) is 35.9 Å². The Labute approximate surface area is 108 Å². The van der Waals surface area contributed by atoms with Crippen LogP contribution in [-0.2, 0) is 16.0 Å². The van der Waals surface area contributed by atoms with Crippen LogP contribution < -0.4 is 11.1 Å². The van der Waals surface area contributed by atoms with E-state index < -0.39 is 0 Å². The monoisotopic (exact) mass is 248 g/mol. The number of nitrogens with two attached hydrogens (primary N) is 1. The minimum absolute atomic E-state index is 0.0307. The van der Waals surface area contributed by atoms with Crippen molar-refractivity contribution < 1.29 is 9.59 Å². The molecule has 0 saturated heterocycles. The van der Waals surface area contributed by atoms with Gasteiger partial charge in [0.1, 0.15) is 0 Å². The third-order valence-electron chi connectivity index (χ3n) is 2.75. The fourth-order valence-corrected chi connectivity index (χ4v) is 1.72. The van der Waals surface area contributed by atoms with Crippen molar-refractivity contribution in [3.63, 3.8) is 0 Å². The van der Waals surface area contributed by atoms with Gasteiger partial charge < -0.3 is 11.1 Å².